The summed E-state index contributed by atoms with van der Waals surface area (Å²) in [7, 11) is 0. The van der Waals surface area contributed by atoms with Crippen molar-refractivity contribution in [2.75, 3.05) is 5.32 Å². The van der Waals surface area contributed by atoms with Crippen LogP contribution < -0.4 is 10.6 Å². The van der Waals surface area contributed by atoms with Gasteiger partial charge in [-0.15, -0.1) is 10.2 Å². The maximum absolute atomic E-state index is 13.1. The molecule has 5 nitrogen and oxygen atoms in total. The van der Waals surface area contributed by atoms with Gasteiger partial charge in [-0.05, 0) is 43.2 Å². The Bertz CT molecular complexity index is 673. The van der Waals surface area contributed by atoms with Crippen molar-refractivity contribution in [1.82, 2.24) is 15.5 Å². The minimum atomic E-state index is -0.486. The van der Waals surface area contributed by atoms with Gasteiger partial charge in [0.15, 0.2) is 11.5 Å². The SMILES string of the molecule is O=C(NC1CC1)c1ccc(Nc2ccc(F)c(Cl)c2)nn1. The first-order chi connectivity index (χ1) is 10.1. The lowest BCUT2D eigenvalue weighted by molar-refractivity contribution is 0.0945. The van der Waals surface area contributed by atoms with Crippen molar-refractivity contribution in [1.29, 1.82) is 0 Å². The van der Waals surface area contributed by atoms with Gasteiger partial charge in [-0.1, -0.05) is 11.6 Å². The quantitative estimate of drug-likeness (QED) is 0.911. The molecule has 1 saturated carbocycles. The van der Waals surface area contributed by atoms with Crippen molar-refractivity contribution in [2.24, 2.45) is 0 Å². The van der Waals surface area contributed by atoms with E-state index in [9.17, 15) is 9.18 Å². The average molecular weight is 307 g/mol. The zero-order valence-corrected chi connectivity index (χ0v) is 11.7. The fraction of sp³-hybridized carbons (Fsp3) is 0.214. The molecule has 1 amide bonds. The first kappa shape index (κ1) is 13.8. The molecule has 108 valence electrons. The van der Waals surface area contributed by atoms with Crippen molar-refractivity contribution >= 4 is 29.0 Å². The van der Waals surface area contributed by atoms with Crippen LogP contribution in [0.15, 0.2) is 30.3 Å². The van der Waals surface area contributed by atoms with Crippen molar-refractivity contribution in [3.8, 4) is 0 Å². The van der Waals surface area contributed by atoms with Crippen LogP contribution in [0.5, 0.6) is 0 Å². The highest BCUT2D eigenvalue weighted by molar-refractivity contribution is 6.31. The largest absolute Gasteiger partial charge is 0.348 e. The fourth-order valence-electron chi connectivity index (χ4n) is 1.73. The van der Waals surface area contributed by atoms with Crippen LogP contribution in [0.3, 0.4) is 0 Å². The molecule has 0 spiro atoms. The van der Waals surface area contributed by atoms with Crippen molar-refractivity contribution in [2.45, 2.75) is 18.9 Å². The number of carbonyl (C=O) groups is 1. The zero-order valence-electron chi connectivity index (χ0n) is 10.9. The van der Waals surface area contributed by atoms with E-state index in [-0.39, 0.29) is 22.7 Å². The van der Waals surface area contributed by atoms with Gasteiger partial charge >= 0.3 is 0 Å². The molecule has 1 aromatic heterocycles. The minimum absolute atomic E-state index is 0.0217. The second kappa shape index (κ2) is 5.65. The molecule has 2 aromatic rings. The molecule has 1 aromatic carbocycles. The van der Waals surface area contributed by atoms with Gasteiger partial charge in [-0.25, -0.2) is 4.39 Å². The lowest BCUT2D eigenvalue weighted by atomic mass is 10.3. The van der Waals surface area contributed by atoms with Crippen LogP contribution in [0, 0.1) is 5.82 Å². The van der Waals surface area contributed by atoms with Crippen LogP contribution in [-0.2, 0) is 0 Å². The summed E-state index contributed by atoms with van der Waals surface area (Å²) in [6, 6.07) is 7.74. The monoisotopic (exact) mass is 306 g/mol. The maximum Gasteiger partial charge on any atom is 0.272 e. The van der Waals surface area contributed by atoms with Crippen molar-refractivity contribution in [3.63, 3.8) is 0 Å². The molecule has 2 N–H and O–H groups in total. The van der Waals surface area contributed by atoms with Gasteiger partial charge in [0.25, 0.3) is 5.91 Å². The molecule has 0 radical (unpaired) electrons. The third-order valence-electron chi connectivity index (χ3n) is 3.00. The predicted octanol–water partition coefficient (Wildman–Crippen LogP) is 2.90. The van der Waals surface area contributed by atoms with Crippen LogP contribution in [0.4, 0.5) is 15.9 Å². The smallest absolute Gasteiger partial charge is 0.272 e. The molecule has 1 heterocycles. The van der Waals surface area contributed by atoms with Crippen LogP contribution in [-0.4, -0.2) is 22.1 Å². The predicted molar refractivity (Wildman–Crippen MR) is 77.2 cm³/mol. The highest BCUT2D eigenvalue weighted by Gasteiger charge is 2.24. The molecule has 0 unspecified atom stereocenters. The van der Waals surface area contributed by atoms with E-state index in [0.717, 1.165) is 12.8 Å². The molecule has 1 fully saturated rings. The Hall–Kier alpha value is -2.21. The van der Waals surface area contributed by atoms with Crippen LogP contribution >= 0.6 is 11.6 Å². The van der Waals surface area contributed by atoms with Gasteiger partial charge in [0, 0.05) is 11.7 Å². The number of anilines is 2. The normalized spacial score (nSPS) is 13.8. The number of benzene rings is 1. The van der Waals surface area contributed by atoms with Crippen molar-refractivity contribution < 1.29 is 9.18 Å². The Labute approximate surface area is 125 Å². The van der Waals surface area contributed by atoms with Gasteiger partial charge in [0.05, 0.1) is 5.02 Å². The third-order valence-corrected chi connectivity index (χ3v) is 3.29. The number of hydrogen-bond acceptors (Lipinski definition) is 4. The Morgan fingerprint density at radius 3 is 2.67 bits per heavy atom. The molecular weight excluding hydrogens is 295 g/mol. The van der Waals surface area contributed by atoms with E-state index in [1.165, 1.54) is 18.2 Å². The molecule has 0 atom stereocenters. The number of amides is 1. The third kappa shape index (κ3) is 3.46. The van der Waals surface area contributed by atoms with Gasteiger partial charge in [-0.2, -0.15) is 0 Å². The molecule has 0 aliphatic heterocycles. The van der Waals surface area contributed by atoms with Gasteiger partial charge in [-0.3, -0.25) is 4.79 Å². The highest BCUT2D eigenvalue weighted by Crippen LogP contribution is 2.22. The van der Waals surface area contributed by atoms with Crippen LogP contribution in [0.1, 0.15) is 23.3 Å². The van der Waals surface area contributed by atoms with Crippen LogP contribution in [0.25, 0.3) is 0 Å². The maximum atomic E-state index is 13.1. The van der Waals surface area contributed by atoms with Gasteiger partial charge in [0.1, 0.15) is 5.82 Å². The average Bonchev–Trinajstić information content (AvgIpc) is 3.28. The first-order valence-corrected chi connectivity index (χ1v) is 6.86. The molecule has 7 heteroatoms. The number of nitrogens with zero attached hydrogens (tertiary/aromatic N) is 2. The molecule has 1 aliphatic rings. The summed E-state index contributed by atoms with van der Waals surface area (Å²) < 4.78 is 13.1. The fourth-order valence-corrected chi connectivity index (χ4v) is 1.91. The number of aromatic nitrogens is 2. The number of halogens is 2. The molecule has 0 saturated heterocycles. The van der Waals surface area contributed by atoms with E-state index >= 15 is 0 Å². The Balaban J connectivity index is 1.68. The standard InChI is InChI=1S/C14H12ClFN4O/c15-10-7-9(3-4-11(10)16)17-13-6-5-12(19-20-13)14(21)18-8-1-2-8/h3-8H,1-2H2,(H,17,20)(H,18,21). The summed E-state index contributed by atoms with van der Waals surface area (Å²) in [5, 5.41) is 13.6. The van der Waals surface area contributed by atoms with E-state index in [0.29, 0.717) is 11.5 Å². The Morgan fingerprint density at radius 1 is 1.24 bits per heavy atom. The van der Waals surface area contributed by atoms with E-state index in [2.05, 4.69) is 20.8 Å². The van der Waals surface area contributed by atoms with Crippen LogP contribution in [0.2, 0.25) is 5.02 Å². The van der Waals surface area contributed by atoms with E-state index in [4.69, 9.17) is 11.6 Å². The molecule has 0 bridgehead atoms. The summed E-state index contributed by atoms with van der Waals surface area (Å²) in [4.78, 5) is 11.8. The van der Waals surface area contributed by atoms with E-state index in [1.54, 1.807) is 12.1 Å². The van der Waals surface area contributed by atoms with E-state index < -0.39 is 5.82 Å². The van der Waals surface area contributed by atoms with E-state index in [1.807, 2.05) is 0 Å². The lowest BCUT2D eigenvalue weighted by Crippen LogP contribution is -2.26. The number of carbonyl (C=O) groups excluding carboxylic acids is 1. The van der Waals surface area contributed by atoms with Gasteiger partial charge < -0.3 is 10.6 Å². The Morgan fingerprint density at radius 2 is 2.05 bits per heavy atom. The number of nitrogens with one attached hydrogen (secondary N) is 2. The summed E-state index contributed by atoms with van der Waals surface area (Å²) >= 11 is 5.70. The molecular formula is C14H12ClFN4O. The lowest BCUT2D eigenvalue weighted by Gasteiger charge is -2.06. The second-order valence-electron chi connectivity index (χ2n) is 4.81. The Kier molecular flexibility index (Phi) is 3.70. The van der Waals surface area contributed by atoms with Crippen molar-refractivity contribution in [3.05, 3.63) is 46.9 Å². The molecule has 3 rings (SSSR count). The number of rotatable bonds is 4. The minimum Gasteiger partial charge on any atom is -0.348 e. The molecule has 1 aliphatic carbocycles. The molecule has 21 heavy (non-hydrogen) atoms. The summed E-state index contributed by atoms with van der Waals surface area (Å²) in [6.07, 6.45) is 2.04. The van der Waals surface area contributed by atoms with Gasteiger partial charge in [0.2, 0.25) is 0 Å². The first-order valence-electron chi connectivity index (χ1n) is 6.48. The zero-order chi connectivity index (χ0) is 14.8. The second-order valence-corrected chi connectivity index (χ2v) is 5.21. The summed E-state index contributed by atoms with van der Waals surface area (Å²) in [6.45, 7) is 0. The summed E-state index contributed by atoms with van der Waals surface area (Å²) in [5.41, 5.74) is 0.857. The summed E-state index contributed by atoms with van der Waals surface area (Å²) in [5.74, 6) is -0.262. The highest BCUT2D eigenvalue weighted by atomic mass is 35.5. The topological polar surface area (TPSA) is 66.9 Å². The number of hydrogen-bond donors (Lipinski definition) is 2.